The van der Waals surface area contributed by atoms with Gasteiger partial charge in [-0.2, -0.15) is 0 Å². The number of amides is 1. The topological polar surface area (TPSA) is 49.6 Å². The number of hydrogen-bond donors (Lipinski definition) is 0. The summed E-state index contributed by atoms with van der Waals surface area (Å²) in [5.74, 6) is 0.741. The zero-order valence-electron chi connectivity index (χ0n) is 19.4. The third-order valence-corrected chi connectivity index (χ3v) is 6.00. The molecule has 0 N–H and O–H groups in total. The van der Waals surface area contributed by atoms with E-state index in [4.69, 9.17) is 4.52 Å². The Morgan fingerprint density at radius 1 is 1.03 bits per heavy atom. The van der Waals surface area contributed by atoms with Crippen molar-refractivity contribution in [1.82, 2.24) is 10.1 Å². The standard InChI is InChI=1S/C26H33N3O2/c1-7-20(5)29(25(30)22-16-12-11-13-19(22)4)17-23-24(21-14-9-8-10-15-21)27-31-26(23)28(6)18(2)3/h8-16,18,20H,7,17H2,1-6H3. The Balaban J connectivity index is 2.09. The number of carbonyl (C=O) groups is 1. The summed E-state index contributed by atoms with van der Waals surface area (Å²) in [6, 6.07) is 18.1. The minimum absolute atomic E-state index is 0.0332. The van der Waals surface area contributed by atoms with Crippen LogP contribution in [-0.4, -0.2) is 35.1 Å². The fraction of sp³-hybridized carbons (Fsp3) is 0.385. The van der Waals surface area contributed by atoms with E-state index in [-0.39, 0.29) is 18.0 Å². The first-order valence-electron chi connectivity index (χ1n) is 11.0. The third kappa shape index (κ3) is 4.82. The molecule has 0 aliphatic carbocycles. The van der Waals surface area contributed by atoms with Gasteiger partial charge in [0.2, 0.25) is 5.88 Å². The van der Waals surface area contributed by atoms with Crippen molar-refractivity contribution in [3.63, 3.8) is 0 Å². The molecule has 5 nitrogen and oxygen atoms in total. The average Bonchev–Trinajstić information content (AvgIpc) is 3.20. The molecule has 5 heteroatoms. The molecular weight excluding hydrogens is 386 g/mol. The van der Waals surface area contributed by atoms with Crippen molar-refractivity contribution in [2.24, 2.45) is 0 Å². The van der Waals surface area contributed by atoms with Crippen LogP contribution in [0.2, 0.25) is 0 Å². The number of rotatable bonds is 8. The normalized spacial score (nSPS) is 12.1. The molecule has 3 rings (SSSR count). The molecule has 164 valence electrons. The number of nitrogens with zero attached hydrogens (tertiary/aromatic N) is 3. The lowest BCUT2D eigenvalue weighted by atomic mass is 10.0. The molecule has 0 aliphatic heterocycles. The van der Waals surface area contributed by atoms with Crippen LogP contribution in [0.4, 0.5) is 5.88 Å². The van der Waals surface area contributed by atoms with Gasteiger partial charge in [0.15, 0.2) is 0 Å². The largest absolute Gasteiger partial charge is 0.341 e. The zero-order valence-corrected chi connectivity index (χ0v) is 19.4. The fourth-order valence-corrected chi connectivity index (χ4v) is 3.56. The van der Waals surface area contributed by atoms with Gasteiger partial charge in [-0.05, 0) is 45.7 Å². The minimum atomic E-state index is 0.0332. The van der Waals surface area contributed by atoms with Gasteiger partial charge in [0, 0.05) is 30.3 Å². The van der Waals surface area contributed by atoms with Crippen LogP contribution in [0.3, 0.4) is 0 Å². The predicted octanol–water partition coefficient (Wildman–Crippen LogP) is 5.94. The van der Waals surface area contributed by atoms with Crippen LogP contribution in [0.5, 0.6) is 0 Å². The lowest BCUT2D eigenvalue weighted by molar-refractivity contribution is 0.0671. The quantitative estimate of drug-likeness (QED) is 0.454. The molecule has 1 unspecified atom stereocenters. The molecule has 31 heavy (non-hydrogen) atoms. The highest BCUT2D eigenvalue weighted by Crippen LogP contribution is 2.34. The number of hydrogen-bond acceptors (Lipinski definition) is 4. The van der Waals surface area contributed by atoms with Crippen molar-refractivity contribution in [3.05, 3.63) is 71.3 Å². The Kier molecular flexibility index (Phi) is 7.16. The molecular formula is C26H33N3O2. The van der Waals surface area contributed by atoms with Gasteiger partial charge in [0.25, 0.3) is 5.91 Å². The molecule has 0 radical (unpaired) electrons. The van der Waals surface area contributed by atoms with Crippen molar-refractivity contribution >= 4 is 11.8 Å². The SMILES string of the molecule is CCC(C)N(Cc1c(-c2ccccc2)noc1N(C)C(C)C)C(=O)c1ccccc1C. The number of anilines is 1. The van der Waals surface area contributed by atoms with Crippen molar-refractivity contribution in [3.8, 4) is 11.3 Å². The highest BCUT2D eigenvalue weighted by Gasteiger charge is 2.28. The van der Waals surface area contributed by atoms with Crippen LogP contribution < -0.4 is 4.90 Å². The van der Waals surface area contributed by atoms with Crippen LogP contribution in [-0.2, 0) is 6.54 Å². The predicted molar refractivity (Wildman–Crippen MR) is 126 cm³/mol. The van der Waals surface area contributed by atoms with Crippen molar-refractivity contribution in [2.75, 3.05) is 11.9 Å². The lowest BCUT2D eigenvalue weighted by Crippen LogP contribution is -2.38. The van der Waals surface area contributed by atoms with Gasteiger partial charge < -0.3 is 14.3 Å². The Bertz CT molecular complexity index is 1010. The maximum absolute atomic E-state index is 13.6. The first-order valence-corrected chi connectivity index (χ1v) is 11.0. The summed E-state index contributed by atoms with van der Waals surface area (Å²) in [6.45, 7) is 10.8. The molecule has 0 saturated heterocycles. The van der Waals surface area contributed by atoms with E-state index in [0.717, 1.165) is 34.4 Å². The van der Waals surface area contributed by atoms with Gasteiger partial charge in [-0.15, -0.1) is 0 Å². The van der Waals surface area contributed by atoms with Crippen molar-refractivity contribution in [1.29, 1.82) is 0 Å². The van der Waals surface area contributed by atoms with Crippen molar-refractivity contribution < 1.29 is 9.32 Å². The molecule has 1 amide bonds. The highest BCUT2D eigenvalue weighted by molar-refractivity contribution is 5.96. The van der Waals surface area contributed by atoms with Gasteiger partial charge in [-0.25, -0.2) is 0 Å². The second kappa shape index (κ2) is 9.82. The van der Waals surface area contributed by atoms with Crippen LogP contribution in [0.15, 0.2) is 59.1 Å². The van der Waals surface area contributed by atoms with E-state index in [1.54, 1.807) is 0 Å². The molecule has 3 aromatic rings. The summed E-state index contributed by atoms with van der Waals surface area (Å²) < 4.78 is 5.83. The van der Waals surface area contributed by atoms with E-state index in [1.807, 2.05) is 73.5 Å². The Hall–Kier alpha value is -3.08. The lowest BCUT2D eigenvalue weighted by Gasteiger charge is -2.30. The van der Waals surface area contributed by atoms with E-state index in [1.165, 1.54) is 0 Å². The van der Waals surface area contributed by atoms with E-state index >= 15 is 0 Å². The minimum Gasteiger partial charge on any atom is -0.341 e. The van der Waals surface area contributed by atoms with Crippen LogP contribution in [0.1, 0.15) is 55.6 Å². The van der Waals surface area contributed by atoms with Crippen LogP contribution >= 0.6 is 0 Å². The van der Waals surface area contributed by atoms with Crippen molar-refractivity contribution in [2.45, 2.75) is 59.7 Å². The molecule has 0 saturated carbocycles. The Labute approximate surface area is 185 Å². The van der Waals surface area contributed by atoms with E-state index in [9.17, 15) is 4.79 Å². The van der Waals surface area contributed by atoms with E-state index in [2.05, 4.69) is 37.8 Å². The highest BCUT2D eigenvalue weighted by atomic mass is 16.5. The molecule has 1 heterocycles. The first kappa shape index (κ1) is 22.6. The summed E-state index contributed by atoms with van der Waals surface area (Å²) in [4.78, 5) is 17.6. The smallest absolute Gasteiger partial charge is 0.254 e. The third-order valence-electron chi connectivity index (χ3n) is 6.00. The molecule has 1 aromatic heterocycles. The maximum atomic E-state index is 13.6. The second-order valence-electron chi connectivity index (χ2n) is 8.39. The molecule has 2 aromatic carbocycles. The van der Waals surface area contributed by atoms with Crippen LogP contribution in [0, 0.1) is 6.92 Å². The summed E-state index contributed by atoms with van der Waals surface area (Å²) in [5.41, 5.74) is 4.42. The number of aromatic nitrogens is 1. The molecule has 0 aliphatic rings. The van der Waals surface area contributed by atoms with E-state index in [0.29, 0.717) is 12.4 Å². The van der Waals surface area contributed by atoms with E-state index < -0.39 is 0 Å². The summed E-state index contributed by atoms with van der Waals surface area (Å²) >= 11 is 0. The first-order chi connectivity index (χ1) is 14.8. The average molecular weight is 420 g/mol. The van der Waals surface area contributed by atoms with Gasteiger partial charge >= 0.3 is 0 Å². The monoisotopic (exact) mass is 419 g/mol. The molecule has 0 spiro atoms. The summed E-state index contributed by atoms with van der Waals surface area (Å²) in [7, 11) is 2.00. The summed E-state index contributed by atoms with van der Waals surface area (Å²) in [6.07, 6.45) is 0.860. The fourth-order valence-electron chi connectivity index (χ4n) is 3.56. The van der Waals surface area contributed by atoms with Gasteiger partial charge in [-0.3, -0.25) is 4.79 Å². The van der Waals surface area contributed by atoms with Gasteiger partial charge in [0.1, 0.15) is 5.69 Å². The number of aryl methyl sites for hydroxylation is 1. The molecule has 0 fully saturated rings. The number of benzene rings is 2. The maximum Gasteiger partial charge on any atom is 0.254 e. The summed E-state index contributed by atoms with van der Waals surface area (Å²) in [5, 5.41) is 4.42. The van der Waals surface area contributed by atoms with Crippen LogP contribution in [0.25, 0.3) is 11.3 Å². The Morgan fingerprint density at radius 3 is 2.29 bits per heavy atom. The molecule has 1 atom stereocenters. The molecule has 0 bridgehead atoms. The van der Waals surface area contributed by atoms with Gasteiger partial charge in [-0.1, -0.05) is 60.6 Å². The zero-order chi connectivity index (χ0) is 22.5. The van der Waals surface area contributed by atoms with Gasteiger partial charge in [0.05, 0.1) is 12.1 Å². The number of carbonyl (C=O) groups excluding carboxylic acids is 1. The second-order valence-corrected chi connectivity index (χ2v) is 8.39. The Morgan fingerprint density at radius 2 is 1.68 bits per heavy atom.